The van der Waals surface area contributed by atoms with Gasteiger partial charge in [-0.1, -0.05) is 13.8 Å². The third-order valence-electron chi connectivity index (χ3n) is 2.75. The lowest BCUT2D eigenvalue weighted by Crippen LogP contribution is -2.30. The summed E-state index contributed by atoms with van der Waals surface area (Å²) in [5, 5.41) is 3.44. The molecule has 0 aromatic carbocycles. The minimum atomic E-state index is 0.704. The standard InChI is InChI=1S/C14H25N3O/c1-12(2)9-16-7-8-17(3)11-13-5-6-15-10-14(13)18-4/h5-6,10,12,16H,7-9,11H2,1-4H3. The molecular formula is C14H25N3O. The topological polar surface area (TPSA) is 37.4 Å². The summed E-state index contributed by atoms with van der Waals surface area (Å²) in [4.78, 5) is 6.35. The molecule has 4 heteroatoms. The first-order chi connectivity index (χ1) is 8.63. The SMILES string of the molecule is COc1cnccc1CN(C)CCNCC(C)C. The summed E-state index contributed by atoms with van der Waals surface area (Å²) in [5.41, 5.74) is 1.18. The average Bonchev–Trinajstić information content (AvgIpc) is 2.35. The number of hydrogen-bond acceptors (Lipinski definition) is 4. The molecule has 1 aromatic heterocycles. The van der Waals surface area contributed by atoms with Crippen LogP contribution in [0.5, 0.6) is 5.75 Å². The Morgan fingerprint density at radius 1 is 1.44 bits per heavy atom. The number of nitrogens with zero attached hydrogens (tertiary/aromatic N) is 2. The fraction of sp³-hybridized carbons (Fsp3) is 0.643. The molecule has 0 atom stereocenters. The van der Waals surface area contributed by atoms with E-state index < -0.39 is 0 Å². The molecule has 0 aliphatic rings. The predicted molar refractivity (Wildman–Crippen MR) is 74.8 cm³/mol. The van der Waals surface area contributed by atoms with E-state index in [-0.39, 0.29) is 0 Å². The first kappa shape index (κ1) is 14.9. The number of likely N-dealkylation sites (N-methyl/N-ethyl adjacent to an activating group) is 1. The monoisotopic (exact) mass is 251 g/mol. The lowest BCUT2D eigenvalue weighted by atomic mass is 10.2. The minimum Gasteiger partial charge on any atom is -0.495 e. The summed E-state index contributed by atoms with van der Waals surface area (Å²) >= 11 is 0. The molecular weight excluding hydrogens is 226 g/mol. The van der Waals surface area contributed by atoms with E-state index in [0.29, 0.717) is 5.92 Å². The van der Waals surface area contributed by atoms with Crippen LogP contribution in [0.15, 0.2) is 18.5 Å². The second-order valence-corrected chi connectivity index (χ2v) is 5.02. The normalized spacial score (nSPS) is 11.2. The molecule has 1 rings (SSSR count). The molecule has 0 bridgehead atoms. The molecule has 1 N–H and O–H groups in total. The highest BCUT2D eigenvalue weighted by Crippen LogP contribution is 2.16. The van der Waals surface area contributed by atoms with E-state index in [2.05, 4.69) is 36.1 Å². The molecule has 0 spiro atoms. The van der Waals surface area contributed by atoms with Crippen molar-refractivity contribution in [2.45, 2.75) is 20.4 Å². The van der Waals surface area contributed by atoms with Crippen molar-refractivity contribution in [3.8, 4) is 5.75 Å². The molecule has 0 saturated heterocycles. The molecule has 0 aliphatic heterocycles. The molecule has 18 heavy (non-hydrogen) atoms. The molecule has 1 heterocycles. The third-order valence-corrected chi connectivity index (χ3v) is 2.75. The molecule has 4 nitrogen and oxygen atoms in total. The Balaban J connectivity index is 2.33. The van der Waals surface area contributed by atoms with Crippen LogP contribution >= 0.6 is 0 Å². The quantitative estimate of drug-likeness (QED) is 0.715. The highest BCUT2D eigenvalue weighted by Gasteiger charge is 2.05. The van der Waals surface area contributed by atoms with E-state index >= 15 is 0 Å². The lowest BCUT2D eigenvalue weighted by Gasteiger charge is -2.18. The summed E-state index contributed by atoms with van der Waals surface area (Å²) in [7, 11) is 3.81. The van der Waals surface area contributed by atoms with Crippen molar-refractivity contribution >= 4 is 0 Å². The van der Waals surface area contributed by atoms with Crippen LogP contribution in [-0.4, -0.2) is 43.7 Å². The first-order valence-corrected chi connectivity index (χ1v) is 6.49. The number of hydrogen-bond donors (Lipinski definition) is 1. The molecule has 0 radical (unpaired) electrons. The molecule has 0 aliphatic carbocycles. The molecule has 0 unspecified atom stereocenters. The summed E-state index contributed by atoms with van der Waals surface area (Å²) in [5.74, 6) is 1.56. The summed E-state index contributed by atoms with van der Waals surface area (Å²) in [6.07, 6.45) is 3.57. The number of nitrogens with one attached hydrogen (secondary N) is 1. The van der Waals surface area contributed by atoms with Gasteiger partial charge in [0, 0.05) is 31.4 Å². The fourth-order valence-corrected chi connectivity index (χ4v) is 1.75. The van der Waals surface area contributed by atoms with Crippen molar-refractivity contribution in [2.75, 3.05) is 33.8 Å². The fourth-order valence-electron chi connectivity index (χ4n) is 1.75. The number of rotatable bonds is 8. The van der Waals surface area contributed by atoms with Crippen molar-refractivity contribution in [3.63, 3.8) is 0 Å². The maximum atomic E-state index is 5.30. The van der Waals surface area contributed by atoms with Gasteiger partial charge in [-0.15, -0.1) is 0 Å². The number of aromatic nitrogens is 1. The second kappa shape index (κ2) is 8.06. The number of methoxy groups -OCH3 is 1. The second-order valence-electron chi connectivity index (χ2n) is 5.02. The van der Waals surface area contributed by atoms with E-state index in [1.54, 1.807) is 13.3 Å². The van der Waals surface area contributed by atoms with Crippen LogP contribution in [0.3, 0.4) is 0 Å². The van der Waals surface area contributed by atoms with E-state index in [1.807, 2.05) is 12.3 Å². The van der Waals surface area contributed by atoms with Crippen molar-refractivity contribution in [2.24, 2.45) is 5.92 Å². The van der Waals surface area contributed by atoms with Gasteiger partial charge in [0.05, 0.1) is 13.3 Å². The Morgan fingerprint density at radius 2 is 2.22 bits per heavy atom. The van der Waals surface area contributed by atoms with Gasteiger partial charge in [-0.3, -0.25) is 4.98 Å². The zero-order valence-electron chi connectivity index (χ0n) is 11.9. The van der Waals surface area contributed by atoms with Gasteiger partial charge >= 0.3 is 0 Å². The van der Waals surface area contributed by atoms with Crippen LogP contribution in [0.2, 0.25) is 0 Å². The minimum absolute atomic E-state index is 0.704. The van der Waals surface area contributed by atoms with E-state index in [1.165, 1.54) is 5.56 Å². The Labute approximate surface area is 110 Å². The van der Waals surface area contributed by atoms with Crippen molar-refractivity contribution in [1.29, 1.82) is 0 Å². The maximum absolute atomic E-state index is 5.30. The van der Waals surface area contributed by atoms with Gasteiger partial charge in [-0.25, -0.2) is 0 Å². The molecule has 102 valence electrons. The van der Waals surface area contributed by atoms with Gasteiger partial charge in [0.2, 0.25) is 0 Å². The van der Waals surface area contributed by atoms with Crippen LogP contribution in [0.4, 0.5) is 0 Å². The average molecular weight is 251 g/mol. The number of ether oxygens (including phenoxy) is 1. The number of pyridine rings is 1. The van der Waals surface area contributed by atoms with Crippen LogP contribution in [-0.2, 0) is 6.54 Å². The highest BCUT2D eigenvalue weighted by molar-refractivity contribution is 5.29. The summed E-state index contributed by atoms with van der Waals surface area (Å²) < 4.78 is 5.30. The van der Waals surface area contributed by atoms with Crippen molar-refractivity contribution in [3.05, 3.63) is 24.0 Å². The van der Waals surface area contributed by atoms with Crippen LogP contribution in [0.25, 0.3) is 0 Å². The third kappa shape index (κ3) is 5.47. The zero-order valence-corrected chi connectivity index (χ0v) is 11.9. The summed E-state index contributed by atoms with van der Waals surface area (Å²) in [6.45, 7) is 8.44. The van der Waals surface area contributed by atoms with Crippen molar-refractivity contribution < 1.29 is 4.74 Å². The van der Waals surface area contributed by atoms with E-state index in [9.17, 15) is 0 Å². The Kier molecular flexibility index (Phi) is 6.68. The van der Waals surface area contributed by atoms with Gasteiger partial charge in [0.1, 0.15) is 5.75 Å². The highest BCUT2D eigenvalue weighted by atomic mass is 16.5. The van der Waals surface area contributed by atoms with Gasteiger partial charge in [0.15, 0.2) is 0 Å². The van der Waals surface area contributed by atoms with Crippen LogP contribution in [0.1, 0.15) is 19.4 Å². The van der Waals surface area contributed by atoms with Crippen LogP contribution in [0, 0.1) is 5.92 Å². The largest absolute Gasteiger partial charge is 0.495 e. The van der Waals surface area contributed by atoms with Gasteiger partial charge < -0.3 is 15.0 Å². The molecule has 0 saturated carbocycles. The summed E-state index contributed by atoms with van der Waals surface area (Å²) in [6, 6.07) is 2.01. The first-order valence-electron chi connectivity index (χ1n) is 6.49. The van der Waals surface area contributed by atoms with Crippen molar-refractivity contribution in [1.82, 2.24) is 15.2 Å². The maximum Gasteiger partial charge on any atom is 0.141 e. The Morgan fingerprint density at radius 3 is 2.89 bits per heavy atom. The molecule has 0 fully saturated rings. The molecule has 0 amide bonds. The van der Waals surface area contributed by atoms with Gasteiger partial charge in [0.25, 0.3) is 0 Å². The van der Waals surface area contributed by atoms with E-state index in [0.717, 1.165) is 31.9 Å². The predicted octanol–water partition coefficient (Wildman–Crippen LogP) is 1.77. The Bertz CT molecular complexity index is 342. The van der Waals surface area contributed by atoms with Gasteiger partial charge in [-0.05, 0) is 25.6 Å². The molecule has 1 aromatic rings. The van der Waals surface area contributed by atoms with E-state index in [4.69, 9.17) is 4.74 Å². The smallest absolute Gasteiger partial charge is 0.141 e. The van der Waals surface area contributed by atoms with Gasteiger partial charge in [-0.2, -0.15) is 0 Å². The lowest BCUT2D eigenvalue weighted by molar-refractivity contribution is 0.313. The Hall–Kier alpha value is -1.13. The zero-order chi connectivity index (χ0) is 13.4. The van der Waals surface area contributed by atoms with Crippen LogP contribution < -0.4 is 10.1 Å².